The molecule has 5 nitrogen and oxygen atoms in total. The van der Waals surface area contributed by atoms with Crippen molar-refractivity contribution in [1.29, 1.82) is 0 Å². The average molecular weight is 285 g/mol. The Morgan fingerprint density at radius 3 is 2.63 bits per heavy atom. The third kappa shape index (κ3) is 3.65. The van der Waals surface area contributed by atoms with E-state index in [0.717, 1.165) is 31.5 Å². The largest absolute Gasteiger partial charge is 0.390 e. The molecule has 19 heavy (non-hydrogen) atoms. The van der Waals surface area contributed by atoms with Crippen LogP contribution in [0.25, 0.3) is 0 Å². The van der Waals surface area contributed by atoms with E-state index in [4.69, 9.17) is 11.6 Å². The van der Waals surface area contributed by atoms with Gasteiger partial charge in [-0.25, -0.2) is 0 Å². The van der Waals surface area contributed by atoms with Crippen LogP contribution >= 0.6 is 11.6 Å². The summed E-state index contributed by atoms with van der Waals surface area (Å²) >= 11 is 6.07. The Morgan fingerprint density at radius 2 is 2.11 bits per heavy atom. The number of nitro benzene ring substituents is 1. The highest BCUT2D eigenvalue weighted by molar-refractivity contribution is 6.31. The van der Waals surface area contributed by atoms with Crippen LogP contribution in [0.5, 0.6) is 0 Å². The molecule has 1 aliphatic heterocycles. The number of aliphatic hydroxyl groups is 1. The molecule has 0 amide bonds. The van der Waals surface area contributed by atoms with Crippen LogP contribution in [-0.2, 0) is 6.54 Å². The van der Waals surface area contributed by atoms with Crippen LogP contribution in [0.2, 0.25) is 5.02 Å². The maximum Gasteiger partial charge on any atom is 0.270 e. The van der Waals surface area contributed by atoms with Crippen LogP contribution in [0.1, 0.15) is 25.3 Å². The predicted octanol–water partition coefficient (Wildman–Crippen LogP) is 2.60. The van der Waals surface area contributed by atoms with Crippen LogP contribution in [0, 0.1) is 10.1 Å². The zero-order valence-electron chi connectivity index (χ0n) is 10.8. The topological polar surface area (TPSA) is 66.6 Å². The van der Waals surface area contributed by atoms with Crippen molar-refractivity contribution in [1.82, 2.24) is 4.90 Å². The Bertz CT molecular complexity index is 481. The van der Waals surface area contributed by atoms with Crippen LogP contribution in [0.3, 0.4) is 0 Å². The van der Waals surface area contributed by atoms with Crippen LogP contribution < -0.4 is 0 Å². The summed E-state index contributed by atoms with van der Waals surface area (Å²) in [6.45, 7) is 4.12. The van der Waals surface area contributed by atoms with Gasteiger partial charge in [0, 0.05) is 31.8 Å². The Labute approximate surface area is 116 Å². The van der Waals surface area contributed by atoms with Crippen LogP contribution in [-0.4, -0.2) is 33.6 Å². The van der Waals surface area contributed by atoms with Gasteiger partial charge in [-0.15, -0.1) is 0 Å². The summed E-state index contributed by atoms with van der Waals surface area (Å²) in [5, 5.41) is 20.9. The van der Waals surface area contributed by atoms with Crippen LogP contribution in [0.15, 0.2) is 18.2 Å². The van der Waals surface area contributed by atoms with Crippen molar-refractivity contribution in [3.8, 4) is 0 Å². The van der Waals surface area contributed by atoms with E-state index in [2.05, 4.69) is 4.90 Å². The van der Waals surface area contributed by atoms with E-state index in [9.17, 15) is 15.2 Å². The lowest BCUT2D eigenvalue weighted by Crippen LogP contribution is -2.41. The number of nitrogens with zero attached hydrogens (tertiary/aromatic N) is 2. The van der Waals surface area contributed by atoms with Gasteiger partial charge in [-0.1, -0.05) is 11.6 Å². The first-order chi connectivity index (χ1) is 8.87. The molecule has 0 radical (unpaired) electrons. The number of likely N-dealkylation sites (tertiary alicyclic amines) is 1. The first kappa shape index (κ1) is 14.2. The summed E-state index contributed by atoms with van der Waals surface area (Å²) in [4.78, 5) is 12.4. The SMILES string of the molecule is CC1(O)CCN(Cc2ccc([N+](=O)[O-])cc2Cl)CC1. The maximum absolute atomic E-state index is 10.6. The molecule has 0 spiro atoms. The number of benzene rings is 1. The van der Waals surface area contributed by atoms with Crippen molar-refractivity contribution in [3.05, 3.63) is 38.9 Å². The van der Waals surface area contributed by atoms with Gasteiger partial charge < -0.3 is 5.11 Å². The molecule has 1 heterocycles. The number of rotatable bonds is 3. The molecule has 0 aromatic heterocycles. The molecule has 1 N–H and O–H groups in total. The summed E-state index contributed by atoms with van der Waals surface area (Å²) in [6, 6.07) is 4.56. The maximum atomic E-state index is 10.6. The third-order valence-electron chi connectivity index (χ3n) is 3.57. The molecule has 1 aromatic carbocycles. The van der Waals surface area contributed by atoms with Gasteiger partial charge in [0.05, 0.1) is 15.5 Å². The average Bonchev–Trinajstić information content (AvgIpc) is 2.34. The fraction of sp³-hybridized carbons (Fsp3) is 0.538. The minimum absolute atomic E-state index is 0.00956. The molecule has 0 saturated carbocycles. The quantitative estimate of drug-likeness (QED) is 0.684. The van der Waals surface area contributed by atoms with Crippen molar-refractivity contribution in [3.63, 3.8) is 0 Å². The van der Waals surface area contributed by atoms with E-state index < -0.39 is 10.5 Å². The Morgan fingerprint density at radius 1 is 1.47 bits per heavy atom. The number of non-ortho nitro benzene ring substituents is 1. The molecule has 0 aliphatic carbocycles. The first-order valence-corrected chi connectivity index (χ1v) is 6.63. The second kappa shape index (κ2) is 5.45. The van der Waals surface area contributed by atoms with Crippen molar-refractivity contribution in [2.75, 3.05) is 13.1 Å². The first-order valence-electron chi connectivity index (χ1n) is 6.25. The molecule has 1 aliphatic rings. The highest BCUT2D eigenvalue weighted by Crippen LogP contribution is 2.26. The van der Waals surface area contributed by atoms with Gasteiger partial charge >= 0.3 is 0 Å². The fourth-order valence-electron chi connectivity index (χ4n) is 2.21. The van der Waals surface area contributed by atoms with E-state index >= 15 is 0 Å². The standard InChI is InChI=1S/C13H17ClN2O3/c1-13(17)4-6-15(7-5-13)9-10-2-3-11(16(18)19)8-12(10)14/h2-3,8,17H,4-7,9H2,1H3. The molecule has 0 atom stereocenters. The lowest BCUT2D eigenvalue weighted by Gasteiger charge is -2.35. The van der Waals surface area contributed by atoms with Crippen molar-refractivity contribution < 1.29 is 10.0 Å². The van der Waals surface area contributed by atoms with Crippen molar-refractivity contribution in [2.45, 2.75) is 31.9 Å². The molecule has 1 aromatic rings. The molecule has 1 saturated heterocycles. The molecular formula is C13H17ClN2O3. The number of nitro groups is 1. The van der Waals surface area contributed by atoms with Crippen molar-refractivity contribution >= 4 is 17.3 Å². The summed E-state index contributed by atoms with van der Waals surface area (Å²) in [5.41, 5.74) is 0.319. The predicted molar refractivity (Wildman–Crippen MR) is 73.2 cm³/mol. The highest BCUT2D eigenvalue weighted by Gasteiger charge is 2.27. The molecule has 2 rings (SSSR count). The number of hydrogen-bond donors (Lipinski definition) is 1. The zero-order valence-corrected chi connectivity index (χ0v) is 11.6. The summed E-state index contributed by atoms with van der Waals surface area (Å²) < 4.78 is 0. The minimum Gasteiger partial charge on any atom is -0.390 e. The monoisotopic (exact) mass is 284 g/mol. The molecule has 0 bridgehead atoms. The zero-order chi connectivity index (χ0) is 14.0. The smallest absolute Gasteiger partial charge is 0.270 e. The van der Waals surface area contributed by atoms with Gasteiger partial charge in [0.25, 0.3) is 5.69 Å². The van der Waals surface area contributed by atoms with E-state index in [1.165, 1.54) is 12.1 Å². The Hall–Kier alpha value is -1.17. The van der Waals surface area contributed by atoms with E-state index in [1.54, 1.807) is 6.07 Å². The van der Waals surface area contributed by atoms with Gasteiger partial charge in [-0.05, 0) is 31.4 Å². The van der Waals surface area contributed by atoms with Gasteiger partial charge in [0.1, 0.15) is 0 Å². The molecule has 1 fully saturated rings. The normalized spacial score (nSPS) is 19.3. The van der Waals surface area contributed by atoms with E-state index in [1.807, 2.05) is 6.92 Å². The minimum atomic E-state index is -0.574. The molecule has 0 unspecified atom stereocenters. The second-order valence-corrected chi connectivity index (χ2v) is 5.71. The Balaban J connectivity index is 2.02. The number of piperidine rings is 1. The fourth-order valence-corrected chi connectivity index (χ4v) is 2.45. The highest BCUT2D eigenvalue weighted by atomic mass is 35.5. The number of halogens is 1. The number of hydrogen-bond acceptors (Lipinski definition) is 4. The van der Waals surface area contributed by atoms with E-state index in [0.29, 0.717) is 11.6 Å². The van der Waals surface area contributed by atoms with Gasteiger partial charge in [-0.3, -0.25) is 15.0 Å². The molecule has 104 valence electrons. The van der Waals surface area contributed by atoms with E-state index in [-0.39, 0.29) is 5.69 Å². The van der Waals surface area contributed by atoms with Gasteiger partial charge in [-0.2, -0.15) is 0 Å². The van der Waals surface area contributed by atoms with Crippen LogP contribution in [0.4, 0.5) is 5.69 Å². The lowest BCUT2D eigenvalue weighted by atomic mass is 9.93. The lowest BCUT2D eigenvalue weighted by molar-refractivity contribution is -0.384. The van der Waals surface area contributed by atoms with Gasteiger partial charge in [0.2, 0.25) is 0 Å². The van der Waals surface area contributed by atoms with Gasteiger partial charge in [0.15, 0.2) is 0 Å². The summed E-state index contributed by atoms with van der Waals surface area (Å²) in [6.07, 6.45) is 1.47. The molecule has 6 heteroatoms. The molecular weight excluding hydrogens is 268 g/mol. The Kier molecular flexibility index (Phi) is 4.08. The third-order valence-corrected chi connectivity index (χ3v) is 3.93. The second-order valence-electron chi connectivity index (χ2n) is 5.31. The van der Waals surface area contributed by atoms with Crippen molar-refractivity contribution in [2.24, 2.45) is 0 Å². The summed E-state index contributed by atoms with van der Waals surface area (Å²) in [7, 11) is 0. The summed E-state index contributed by atoms with van der Waals surface area (Å²) in [5.74, 6) is 0.